The van der Waals surface area contributed by atoms with E-state index in [-0.39, 0.29) is 0 Å². The highest BCUT2D eigenvalue weighted by Crippen LogP contribution is 2.28. The summed E-state index contributed by atoms with van der Waals surface area (Å²) in [6.45, 7) is 3.88. The van der Waals surface area contributed by atoms with Crippen molar-refractivity contribution in [1.29, 1.82) is 0 Å². The topological polar surface area (TPSA) is 73.7 Å². The zero-order valence-corrected chi connectivity index (χ0v) is 13.8. The van der Waals surface area contributed by atoms with Crippen LogP contribution < -0.4 is 4.74 Å². The molecule has 0 radical (unpaired) electrons. The van der Waals surface area contributed by atoms with Gasteiger partial charge >= 0.3 is 0 Å². The highest BCUT2D eigenvalue weighted by Gasteiger charge is 2.12. The molecule has 0 aliphatic carbocycles. The lowest BCUT2D eigenvalue weighted by Crippen LogP contribution is -2.00. The molecule has 0 unspecified atom stereocenters. The van der Waals surface area contributed by atoms with Gasteiger partial charge in [-0.2, -0.15) is 4.98 Å². The Labute approximate surface area is 144 Å². The van der Waals surface area contributed by atoms with Crippen molar-refractivity contribution in [2.24, 2.45) is 0 Å². The Morgan fingerprint density at radius 2 is 1.72 bits per heavy atom. The van der Waals surface area contributed by atoms with Crippen molar-refractivity contribution in [2.45, 2.75) is 13.8 Å². The summed E-state index contributed by atoms with van der Waals surface area (Å²) in [5.41, 5.74) is 4.20. The fraction of sp³-hybridized carbons (Fsp3) is 0.105. The van der Waals surface area contributed by atoms with Crippen LogP contribution in [0.15, 0.2) is 55.1 Å². The monoisotopic (exact) mass is 329 g/mol. The van der Waals surface area contributed by atoms with Crippen LogP contribution in [0, 0.1) is 13.8 Å². The Kier molecular flexibility index (Phi) is 3.78. The number of hydrogen-bond acceptors (Lipinski definition) is 6. The molecule has 0 aliphatic heterocycles. The number of aryl methyl sites for hydroxylation is 1. The summed E-state index contributed by atoms with van der Waals surface area (Å²) in [5, 5.41) is 0. The molecule has 0 spiro atoms. The van der Waals surface area contributed by atoms with E-state index in [1.165, 1.54) is 0 Å². The van der Waals surface area contributed by atoms with E-state index in [1.54, 1.807) is 24.8 Å². The van der Waals surface area contributed by atoms with E-state index in [0.717, 1.165) is 27.9 Å². The maximum atomic E-state index is 6.02. The Morgan fingerprint density at radius 3 is 2.52 bits per heavy atom. The second kappa shape index (κ2) is 6.24. The standard InChI is InChI=1S/C19H15N5O/c1-12-13(2)23-18(14-4-3-7-20-11-14)24-19(12)25-15-5-6-16-17(10-15)22-9-8-21-16/h3-11H,1-2H3. The predicted octanol–water partition coefficient (Wildman–Crippen LogP) is 3.89. The molecular formula is C19H15N5O. The average Bonchev–Trinajstić information content (AvgIpc) is 2.66. The number of rotatable bonds is 3. The number of ether oxygens (including phenoxy) is 1. The summed E-state index contributed by atoms with van der Waals surface area (Å²) in [6.07, 6.45) is 6.78. The van der Waals surface area contributed by atoms with Crippen LogP contribution in [0.5, 0.6) is 11.6 Å². The van der Waals surface area contributed by atoms with E-state index in [2.05, 4.69) is 24.9 Å². The maximum absolute atomic E-state index is 6.02. The number of fused-ring (bicyclic) bond motifs is 1. The average molecular weight is 329 g/mol. The summed E-state index contributed by atoms with van der Waals surface area (Å²) < 4.78 is 6.02. The molecule has 0 bridgehead atoms. The Bertz CT molecular complexity index is 1050. The van der Waals surface area contributed by atoms with Gasteiger partial charge in [-0.05, 0) is 38.1 Å². The molecule has 0 saturated heterocycles. The molecule has 6 heteroatoms. The molecule has 0 saturated carbocycles. The van der Waals surface area contributed by atoms with E-state index in [0.29, 0.717) is 17.5 Å². The lowest BCUT2D eigenvalue weighted by Gasteiger charge is -2.11. The predicted molar refractivity (Wildman–Crippen MR) is 94.3 cm³/mol. The van der Waals surface area contributed by atoms with Crippen LogP contribution in [-0.4, -0.2) is 24.9 Å². The number of pyridine rings is 1. The zero-order valence-electron chi connectivity index (χ0n) is 13.8. The maximum Gasteiger partial charge on any atom is 0.226 e. The normalized spacial score (nSPS) is 10.8. The van der Waals surface area contributed by atoms with E-state index >= 15 is 0 Å². The number of aromatic nitrogens is 5. The molecule has 25 heavy (non-hydrogen) atoms. The van der Waals surface area contributed by atoms with Gasteiger partial charge in [-0.25, -0.2) is 4.98 Å². The van der Waals surface area contributed by atoms with Crippen LogP contribution in [0.4, 0.5) is 0 Å². The van der Waals surface area contributed by atoms with Gasteiger partial charge in [0.25, 0.3) is 0 Å². The Balaban J connectivity index is 1.75. The fourth-order valence-electron chi connectivity index (χ4n) is 2.44. The molecule has 0 N–H and O–H groups in total. The first-order chi connectivity index (χ1) is 12.2. The first-order valence-corrected chi connectivity index (χ1v) is 7.85. The Morgan fingerprint density at radius 1 is 0.880 bits per heavy atom. The molecule has 0 atom stereocenters. The van der Waals surface area contributed by atoms with Crippen molar-refractivity contribution in [3.05, 3.63) is 66.4 Å². The highest BCUT2D eigenvalue weighted by molar-refractivity contribution is 5.75. The van der Waals surface area contributed by atoms with Gasteiger partial charge in [-0.1, -0.05) is 0 Å². The lowest BCUT2D eigenvalue weighted by atomic mass is 10.2. The van der Waals surface area contributed by atoms with Crippen LogP contribution >= 0.6 is 0 Å². The van der Waals surface area contributed by atoms with Gasteiger partial charge in [-0.3, -0.25) is 15.0 Å². The second-order valence-corrected chi connectivity index (χ2v) is 5.61. The van der Waals surface area contributed by atoms with Gasteiger partial charge in [0, 0.05) is 47.7 Å². The van der Waals surface area contributed by atoms with E-state index < -0.39 is 0 Å². The molecule has 6 nitrogen and oxygen atoms in total. The number of benzene rings is 1. The van der Waals surface area contributed by atoms with E-state index in [1.807, 2.05) is 44.2 Å². The van der Waals surface area contributed by atoms with Crippen molar-refractivity contribution < 1.29 is 4.74 Å². The first kappa shape index (κ1) is 15.1. The Hall–Kier alpha value is -3.41. The third-order valence-electron chi connectivity index (χ3n) is 3.92. The van der Waals surface area contributed by atoms with Crippen LogP contribution in [0.1, 0.15) is 11.3 Å². The molecule has 0 aliphatic rings. The summed E-state index contributed by atoms with van der Waals surface area (Å²) in [5.74, 6) is 1.77. The minimum atomic E-state index is 0.523. The fourth-order valence-corrected chi connectivity index (χ4v) is 2.44. The number of nitrogens with zero attached hydrogens (tertiary/aromatic N) is 5. The molecule has 0 amide bonds. The van der Waals surface area contributed by atoms with Crippen molar-refractivity contribution in [3.63, 3.8) is 0 Å². The molecular weight excluding hydrogens is 314 g/mol. The minimum Gasteiger partial charge on any atom is -0.439 e. The molecule has 4 rings (SSSR count). The summed E-state index contributed by atoms with van der Waals surface area (Å²) in [6, 6.07) is 9.37. The third-order valence-corrected chi connectivity index (χ3v) is 3.92. The van der Waals surface area contributed by atoms with Crippen molar-refractivity contribution in [1.82, 2.24) is 24.9 Å². The molecule has 1 aromatic carbocycles. The van der Waals surface area contributed by atoms with Gasteiger partial charge in [0.1, 0.15) is 5.75 Å². The van der Waals surface area contributed by atoms with Crippen LogP contribution in [0.3, 0.4) is 0 Å². The SMILES string of the molecule is Cc1nc(-c2cccnc2)nc(Oc2ccc3nccnc3c2)c1C. The quantitative estimate of drug-likeness (QED) is 0.568. The largest absolute Gasteiger partial charge is 0.439 e. The van der Waals surface area contributed by atoms with Crippen LogP contribution in [0.25, 0.3) is 22.4 Å². The zero-order chi connectivity index (χ0) is 17.2. The van der Waals surface area contributed by atoms with Crippen molar-refractivity contribution in [2.75, 3.05) is 0 Å². The second-order valence-electron chi connectivity index (χ2n) is 5.61. The molecule has 3 heterocycles. The van der Waals surface area contributed by atoms with E-state index in [4.69, 9.17) is 4.74 Å². The van der Waals surface area contributed by atoms with Gasteiger partial charge in [0.05, 0.1) is 11.0 Å². The molecule has 4 aromatic rings. The van der Waals surface area contributed by atoms with Gasteiger partial charge in [0.2, 0.25) is 5.88 Å². The first-order valence-electron chi connectivity index (χ1n) is 7.85. The van der Waals surface area contributed by atoms with Crippen LogP contribution in [0.2, 0.25) is 0 Å². The molecule has 0 fully saturated rings. The summed E-state index contributed by atoms with van der Waals surface area (Å²) in [4.78, 5) is 21.8. The van der Waals surface area contributed by atoms with Crippen LogP contribution in [-0.2, 0) is 0 Å². The van der Waals surface area contributed by atoms with Gasteiger partial charge in [0.15, 0.2) is 5.82 Å². The van der Waals surface area contributed by atoms with E-state index in [9.17, 15) is 0 Å². The summed E-state index contributed by atoms with van der Waals surface area (Å²) in [7, 11) is 0. The number of hydrogen-bond donors (Lipinski definition) is 0. The summed E-state index contributed by atoms with van der Waals surface area (Å²) >= 11 is 0. The lowest BCUT2D eigenvalue weighted by molar-refractivity contribution is 0.458. The third kappa shape index (κ3) is 3.01. The highest BCUT2D eigenvalue weighted by atomic mass is 16.5. The van der Waals surface area contributed by atoms with Crippen molar-refractivity contribution in [3.8, 4) is 23.0 Å². The smallest absolute Gasteiger partial charge is 0.226 e. The van der Waals surface area contributed by atoms with Crippen molar-refractivity contribution >= 4 is 11.0 Å². The minimum absolute atomic E-state index is 0.523. The molecule has 122 valence electrons. The molecule has 3 aromatic heterocycles. The van der Waals surface area contributed by atoms with Gasteiger partial charge < -0.3 is 4.74 Å². The van der Waals surface area contributed by atoms with Gasteiger partial charge in [-0.15, -0.1) is 0 Å².